The number of non-ortho nitro benzene ring substituents is 1. The van der Waals surface area contributed by atoms with Crippen molar-refractivity contribution < 1.29 is 24.4 Å². The molecule has 2 heterocycles. The molecule has 1 aliphatic heterocycles. The Morgan fingerprint density at radius 1 is 1.44 bits per heavy atom. The number of benzene rings is 1. The van der Waals surface area contributed by atoms with E-state index in [1.807, 2.05) is 0 Å². The van der Waals surface area contributed by atoms with Gasteiger partial charge in [0.05, 0.1) is 23.4 Å². The zero-order valence-corrected chi connectivity index (χ0v) is 12.8. The molecule has 11 nitrogen and oxygen atoms in total. The van der Waals surface area contributed by atoms with Gasteiger partial charge in [-0.3, -0.25) is 14.9 Å². The Balaban J connectivity index is 1.81. The van der Waals surface area contributed by atoms with Gasteiger partial charge in [0.15, 0.2) is 11.2 Å². The number of nitrogens with one attached hydrogen (secondary N) is 1. The van der Waals surface area contributed by atoms with Crippen molar-refractivity contribution >= 4 is 17.6 Å². The molecular weight excluding hydrogens is 334 g/mol. The second-order valence-electron chi connectivity index (χ2n) is 5.47. The second kappa shape index (κ2) is 6.28. The van der Waals surface area contributed by atoms with E-state index in [2.05, 4.69) is 15.6 Å². The van der Waals surface area contributed by atoms with E-state index in [-0.39, 0.29) is 31.0 Å². The molecule has 1 saturated heterocycles. The van der Waals surface area contributed by atoms with Crippen LogP contribution in [0.4, 0.5) is 5.69 Å². The van der Waals surface area contributed by atoms with E-state index < -0.39 is 22.3 Å². The number of nitrogens with zero attached hydrogens (tertiary/aromatic N) is 4. The van der Waals surface area contributed by atoms with Crippen LogP contribution < -0.4 is 5.32 Å². The number of carbonyl (C=O) groups is 2. The maximum Gasteiger partial charge on any atom is 0.331 e. The van der Waals surface area contributed by atoms with E-state index in [4.69, 9.17) is 4.74 Å². The predicted molar refractivity (Wildman–Crippen MR) is 81.3 cm³/mol. The number of rotatable bonds is 5. The number of aliphatic carboxylic acids is 1. The topological polar surface area (TPSA) is 149 Å². The highest BCUT2D eigenvalue weighted by atomic mass is 16.6. The number of nitro benzene ring substituents is 1. The first-order valence-electron chi connectivity index (χ1n) is 7.22. The standard InChI is InChI=1S/C14H13N5O6/c20-12(15-14(13(21)22)4-5-25-8-14)11-7-18(17-16-11)9-2-1-3-10(6-9)19(23)24/h1-3,6-7H,4-5,8H2,(H,15,20)(H,21,22). The zero-order chi connectivity index (χ0) is 18.0. The van der Waals surface area contributed by atoms with E-state index in [9.17, 15) is 24.8 Å². The van der Waals surface area contributed by atoms with E-state index in [1.54, 1.807) is 6.07 Å². The molecule has 0 saturated carbocycles. The molecule has 1 aromatic carbocycles. The Morgan fingerprint density at radius 2 is 2.24 bits per heavy atom. The summed E-state index contributed by atoms with van der Waals surface area (Å²) in [6.45, 7) is 0.0973. The number of ether oxygens (including phenoxy) is 1. The number of carboxylic acids is 1. The van der Waals surface area contributed by atoms with Crippen LogP contribution >= 0.6 is 0 Å². The average Bonchev–Trinajstić information content (AvgIpc) is 3.25. The third kappa shape index (κ3) is 3.17. The van der Waals surface area contributed by atoms with Gasteiger partial charge in [0, 0.05) is 25.2 Å². The van der Waals surface area contributed by atoms with Crippen molar-refractivity contribution in [1.29, 1.82) is 0 Å². The van der Waals surface area contributed by atoms with Gasteiger partial charge in [-0.1, -0.05) is 11.3 Å². The molecule has 1 aromatic heterocycles. The molecule has 3 rings (SSSR count). The SMILES string of the molecule is O=C(NC1(C(=O)O)CCOC1)c1cn(-c2cccc([N+](=O)[O-])c2)nn1. The van der Waals surface area contributed by atoms with Crippen LogP contribution in [0.2, 0.25) is 0 Å². The lowest BCUT2D eigenvalue weighted by atomic mass is 9.99. The number of aromatic nitrogens is 3. The summed E-state index contributed by atoms with van der Waals surface area (Å²) in [6.07, 6.45) is 1.41. The van der Waals surface area contributed by atoms with Crippen LogP contribution in [0.25, 0.3) is 5.69 Å². The smallest absolute Gasteiger partial charge is 0.331 e. The number of nitro groups is 1. The summed E-state index contributed by atoms with van der Waals surface area (Å²) in [4.78, 5) is 34.0. The summed E-state index contributed by atoms with van der Waals surface area (Å²) in [7, 11) is 0. The number of hydrogen-bond acceptors (Lipinski definition) is 7. The number of carboxylic acid groups (broad SMARTS) is 1. The van der Waals surface area contributed by atoms with Crippen molar-refractivity contribution in [3.8, 4) is 5.69 Å². The predicted octanol–water partition coefficient (Wildman–Crippen LogP) is 0.149. The van der Waals surface area contributed by atoms with Crippen LogP contribution in [0.15, 0.2) is 30.5 Å². The fourth-order valence-electron chi connectivity index (χ4n) is 2.41. The van der Waals surface area contributed by atoms with Crippen molar-refractivity contribution in [1.82, 2.24) is 20.3 Å². The minimum atomic E-state index is -1.49. The van der Waals surface area contributed by atoms with Crippen LogP contribution in [0.5, 0.6) is 0 Å². The first-order valence-corrected chi connectivity index (χ1v) is 7.22. The minimum Gasteiger partial charge on any atom is -0.479 e. The highest BCUT2D eigenvalue weighted by molar-refractivity contribution is 5.96. The van der Waals surface area contributed by atoms with E-state index >= 15 is 0 Å². The molecule has 0 aliphatic carbocycles. The molecule has 25 heavy (non-hydrogen) atoms. The van der Waals surface area contributed by atoms with E-state index in [1.165, 1.54) is 29.1 Å². The maximum absolute atomic E-state index is 12.3. The van der Waals surface area contributed by atoms with Crippen molar-refractivity contribution in [3.63, 3.8) is 0 Å². The Labute approximate surface area is 140 Å². The first kappa shape index (κ1) is 16.5. The van der Waals surface area contributed by atoms with Gasteiger partial charge in [-0.05, 0) is 6.07 Å². The van der Waals surface area contributed by atoms with Crippen molar-refractivity contribution in [3.05, 3.63) is 46.3 Å². The molecule has 1 fully saturated rings. The van der Waals surface area contributed by atoms with Crippen LogP contribution in [0.1, 0.15) is 16.9 Å². The third-order valence-electron chi connectivity index (χ3n) is 3.81. The van der Waals surface area contributed by atoms with Crippen LogP contribution in [0, 0.1) is 10.1 Å². The molecule has 1 aliphatic rings. The van der Waals surface area contributed by atoms with E-state index in [0.717, 1.165) is 0 Å². The minimum absolute atomic E-state index is 0.112. The number of carbonyl (C=O) groups excluding carboxylic acids is 1. The molecule has 0 radical (unpaired) electrons. The summed E-state index contributed by atoms with van der Waals surface area (Å²) in [6, 6.07) is 5.64. The van der Waals surface area contributed by atoms with E-state index in [0.29, 0.717) is 5.69 Å². The van der Waals surface area contributed by atoms with Crippen LogP contribution in [-0.4, -0.2) is 55.7 Å². The van der Waals surface area contributed by atoms with Gasteiger partial charge in [0.2, 0.25) is 0 Å². The molecule has 1 amide bonds. The summed E-state index contributed by atoms with van der Waals surface area (Å²) in [5.74, 6) is -1.91. The Hall–Kier alpha value is -3.34. The fourth-order valence-corrected chi connectivity index (χ4v) is 2.41. The van der Waals surface area contributed by atoms with Gasteiger partial charge in [-0.2, -0.15) is 0 Å². The molecule has 130 valence electrons. The second-order valence-corrected chi connectivity index (χ2v) is 5.47. The normalized spacial score (nSPS) is 19.5. The molecule has 1 atom stereocenters. The Kier molecular flexibility index (Phi) is 4.15. The molecule has 2 N–H and O–H groups in total. The largest absolute Gasteiger partial charge is 0.479 e. The highest BCUT2D eigenvalue weighted by Gasteiger charge is 2.44. The lowest BCUT2D eigenvalue weighted by molar-refractivity contribution is -0.384. The summed E-state index contributed by atoms with van der Waals surface area (Å²) in [5, 5.41) is 30.0. The fraction of sp³-hybridized carbons (Fsp3) is 0.286. The summed E-state index contributed by atoms with van der Waals surface area (Å²) in [5.41, 5.74) is -1.39. The lowest BCUT2D eigenvalue weighted by Crippen LogP contribution is -2.55. The summed E-state index contributed by atoms with van der Waals surface area (Å²) < 4.78 is 6.26. The average molecular weight is 347 g/mol. The van der Waals surface area contributed by atoms with Gasteiger partial charge >= 0.3 is 5.97 Å². The number of amides is 1. The Morgan fingerprint density at radius 3 is 2.88 bits per heavy atom. The number of hydrogen-bond donors (Lipinski definition) is 2. The highest BCUT2D eigenvalue weighted by Crippen LogP contribution is 2.20. The Bertz CT molecular complexity index is 842. The third-order valence-corrected chi connectivity index (χ3v) is 3.81. The molecule has 2 aromatic rings. The van der Waals surface area contributed by atoms with Gasteiger partial charge in [0.25, 0.3) is 11.6 Å². The van der Waals surface area contributed by atoms with Gasteiger partial charge in [-0.25, -0.2) is 9.48 Å². The van der Waals surface area contributed by atoms with Crippen LogP contribution in [0.3, 0.4) is 0 Å². The molecule has 11 heteroatoms. The molecule has 0 bridgehead atoms. The van der Waals surface area contributed by atoms with Gasteiger partial charge in [0.1, 0.15) is 0 Å². The van der Waals surface area contributed by atoms with Crippen LogP contribution in [-0.2, 0) is 9.53 Å². The molecule has 1 unspecified atom stereocenters. The van der Waals surface area contributed by atoms with Crippen molar-refractivity contribution in [2.24, 2.45) is 0 Å². The quantitative estimate of drug-likeness (QED) is 0.573. The lowest BCUT2D eigenvalue weighted by Gasteiger charge is -2.22. The zero-order valence-electron chi connectivity index (χ0n) is 12.8. The van der Waals surface area contributed by atoms with Gasteiger partial charge in [-0.15, -0.1) is 5.10 Å². The molecule has 0 spiro atoms. The monoisotopic (exact) mass is 347 g/mol. The molecular formula is C14H13N5O6. The summed E-state index contributed by atoms with van der Waals surface area (Å²) >= 11 is 0. The van der Waals surface area contributed by atoms with Gasteiger partial charge < -0.3 is 15.2 Å². The van der Waals surface area contributed by atoms with Crippen molar-refractivity contribution in [2.75, 3.05) is 13.2 Å². The first-order chi connectivity index (χ1) is 11.9. The maximum atomic E-state index is 12.3. The van der Waals surface area contributed by atoms with Crippen molar-refractivity contribution in [2.45, 2.75) is 12.0 Å².